The quantitative estimate of drug-likeness (QED) is 0.592. The molecule has 1 unspecified atom stereocenters. The van der Waals surface area contributed by atoms with Crippen LogP contribution < -0.4 is 0 Å². The minimum atomic E-state index is 0.789. The molecule has 0 saturated heterocycles. The lowest BCUT2D eigenvalue weighted by Gasteiger charge is -2.18. The van der Waals surface area contributed by atoms with E-state index >= 15 is 0 Å². The van der Waals surface area contributed by atoms with Crippen molar-refractivity contribution in [2.24, 2.45) is 5.92 Å². The van der Waals surface area contributed by atoms with Gasteiger partial charge >= 0.3 is 0 Å². The molecule has 0 aromatic carbocycles. The van der Waals surface area contributed by atoms with Crippen LogP contribution in [0.25, 0.3) is 0 Å². The van der Waals surface area contributed by atoms with Crippen LogP contribution in [0.15, 0.2) is 22.3 Å². The van der Waals surface area contributed by atoms with E-state index in [1.54, 1.807) is 16.7 Å². The van der Waals surface area contributed by atoms with Crippen LogP contribution in [-0.2, 0) is 0 Å². The Morgan fingerprint density at radius 2 is 1.69 bits per heavy atom. The maximum Gasteiger partial charge on any atom is -0.000958 e. The Kier molecular flexibility index (Phi) is 3.89. The van der Waals surface area contributed by atoms with Gasteiger partial charge in [0.2, 0.25) is 0 Å². The summed E-state index contributed by atoms with van der Waals surface area (Å²) in [7, 11) is 0. The lowest BCUT2D eigenvalue weighted by atomic mass is 9.87. The number of rotatable bonds is 4. The van der Waals surface area contributed by atoms with Gasteiger partial charge in [-0.1, -0.05) is 44.8 Å². The minimum Gasteiger partial charge on any atom is -0.0651 e. The molecule has 0 aliphatic heterocycles. The molecule has 0 spiro atoms. The van der Waals surface area contributed by atoms with E-state index in [0.717, 1.165) is 5.92 Å². The standard InChI is InChI=1S/C16H26/c1-4-8-13-12(3)14-10-6-7-11-16(14)15(13)9-5-2/h12H,4-11H2,1-3H3. The molecule has 0 heteroatoms. The summed E-state index contributed by atoms with van der Waals surface area (Å²) in [5.74, 6) is 0.789. The van der Waals surface area contributed by atoms with Gasteiger partial charge in [-0.05, 0) is 55.6 Å². The second kappa shape index (κ2) is 5.21. The van der Waals surface area contributed by atoms with E-state index in [9.17, 15) is 0 Å². The van der Waals surface area contributed by atoms with Crippen LogP contribution in [0.5, 0.6) is 0 Å². The zero-order valence-electron chi connectivity index (χ0n) is 11.2. The van der Waals surface area contributed by atoms with E-state index in [4.69, 9.17) is 0 Å². The van der Waals surface area contributed by atoms with Gasteiger partial charge in [-0.3, -0.25) is 0 Å². The molecule has 0 radical (unpaired) electrons. The van der Waals surface area contributed by atoms with Crippen LogP contribution in [0, 0.1) is 5.92 Å². The first-order valence-corrected chi connectivity index (χ1v) is 7.23. The third kappa shape index (κ3) is 1.99. The van der Waals surface area contributed by atoms with E-state index < -0.39 is 0 Å². The summed E-state index contributed by atoms with van der Waals surface area (Å²) in [5, 5.41) is 0. The van der Waals surface area contributed by atoms with Crippen LogP contribution >= 0.6 is 0 Å². The summed E-state index contributed by atoms with van der Waals surface area (Å²) in [6.45, 7) is 7.09. The van der Waals surface area contributed by atoms with Gasteiger partial charge in [0.1, 0.15) is 0 Å². The Balaban J connectivity index is 2.30. The molecule has 90 valence electrons. The minimum absolute atomic E-state index is 0.789. The van der Waals surface area contributed by atoms with Gasteiger partial charge in [0, 0.05) is 0 Å². The molecule has 2 aliphatic rings. The van der Waals surface area contributed by atoms with E-state index in [1.807, 2.05) is 5.57 Å². The largest absolute Gasteiger partial charge is 0.0651 e. The van der Waals surface area contributed by atoms with Gasteiger partial charge in [-0.15, -0.1) is 0 Å². The van der Waals surface area contributed by atoms with Crippen molar-refractivity contribution in [3.8, 4) is 0 Å². The fraction of sp³-hybridized carbons (Fsp3) is 0.750. The average molecular weight is 218 g/mol. The molecule has 0 N–H and O–H groups in total. The zero-order chi connectivity index (χ0) is 11.5. The van der Waals surface area contributed by atoms with Gasteiger partial charge in [-0.25, -0.2) is 0 Å². The second-order valence-corrected chi connectivity index (χ2v) is 5.44. The Bertz CT molecular complexity index is 317. The van der Waals surface area contributed by atoms with Crippen LogP contribution in [0.1, 0.15) is 72.1 Å². The topological polar surface area (TPSA) is 0 Å². The van der Waals surface area contributed by atoms with Gasteiger partial charge in [0.25, 0.3) is 0 Å². The maximum absolute atomic E-state index is 2.45. The Labute approximate surface area is 101 Å². The fourth-order valence-corrected chi connectivity index (χ4v) is 3.61. The molecule has 0 aromatic heterocycles. The molecule has 0 heterocycles. The molecule has 0 nitrogen and oxygen atoms in total. The molecule has 0 amide bonds. The first kappa shape index (κ1) is 12.0. The number of hydrogen-bond donors (Lipinski definition) is 0. The summed E-state index contributed by atoms with van der Waals surface area (Å²) >= 11 is 0. The van der Waals surface area contributed by atoms with E-state index in [-0.39, 0.29) is 0 Å². The van der Waals surface area contributed by atoms with Crippen molar-refractivity contribution in [2.45, 2.75) is 72.1 Å². The summed E-state index contributed by atoms with van der Waals surface area (Å²) < 4.78 is 0. The summed E-state index contributed by atoms with van der Waals surface area (Å²) in [6.07, 6.45) is 10.9. The summed E-state index contributed by atoms with van der Waals surface area (Å²) in [6, 6.07) is 0. The maximum atomic E-state index is 2.45. The van der Waals surface area contributed by atoms with Gasteiger partial charge in [0.15, 0.2) is 0 Å². The van der Waals surface area contributed by atoms with E-state index in [2.05, 4.69) is 20.8 Å². The lowest BCUT2D eigenvalue weighted by molar-refractivity contribution is 0.626. The summed E-state index contributed by atoms with van der Waals surface area (Å²) in [5.41, 5.74) is 7.20. The van der Waals surface area contributed by atoms with Crippen molar-refractivity contribution in [1.82, 2.24) is 0 Å². The van der Waals surface area contributed by atoms with Crippen molar-refractivity contribution < 1.29 is 0 Å². The average Bonchev–Trinajstić information content (AvgIpc) is 2.57. The van der Waals surface area contributed by atoms with Crippen molar-refractivity contribution in [2.75, 3.05) is 0 Å². The van der Waals surface area contributed by atoms with Crippen LogP contribution in [0.2, 0.25) is 0 Å². The van der Waals surface area contributed by atoms with Gasteiger partial charge in [-0.2, -0.15) is 0 Å². The molecule has 0 fully saturated rings. The molecule has 16 heavy (non-hydrogen) atoms. The molecule has 2 aliphatic carbocycles. The smallest absolute Gasteiger partial charge is 0.000958 e. The Morgan fingerprint density at radius 3 is 2.38 bits per heavy atom. The van der Waals surface area contributed by atoms with Crippen molar-refractivity contribution >= 4 is 0 Å². The second-order valence-electron chi connectivity index (χ2n) is 5.44. The van der Waals surface area contributed by atoms with Crippen molar-refractivity contribution in [1.29, 1.82) is 0 Å². The normalized spacial score (nSPS) is 25.3. The third-order valence-electron chi connectivity index (χ3n) is 4.33. The molecule has 1 atom stereocenters. The predicted octanol–water partition coefficient (Wildman–Crippen LogP) is 5.40. The molecule has 2 rings (SSSR count). The number of hydrogen-bond acceptors (Lipinski definition) is 0. The SMILES string of the molecule is CCCC1=C(CCC)C(C)C2=C1CCCC2. The van der Waals surface area contributed by atoms with E-state index in [1.165, 1.54) is 51.4 Å². The lowest BCUT2D eigenvalue weighted by Crippen LogP contribution is -2.02. The van der Waals surface area contributed by atoms with Crippen LogP contribution in [0.4, 0.5) is 0 Å². The first-order valence-electron chi connectivity index (χ1n) is 7.23. The van der Waals surface area contributed by atoms with Crippen LogP contribution in [0.3, 0.4) is 0 Å². The highest BCUT2D eigenvalue weighted by Crippen LogP contribution is 2.47. The molecule has 0 bridgehead atoms. The molecule has 0 saturated carbocycles. The van der Waals surface area contributed by atoms with Crippen molar-refractivity contribution in [3.05, 3.63) is 22.3 Å². The van der Waals surface area contributed by atoms with Gasteiger partial charge in [0.05, 0.1) is 0 Å². The van der Waals surface area contributed by atoms with Crippen LogP contribution in [-0.4, -0.2) is 0 Å². The highest BCUT2D eigenvalue weighted by atomic mass is 14.3. The highest BCUT2D eigenvalue weighted by molar-refractivity contribution is 5.50. The van der Waals surface area contributed by atoms with Crippen molar-refractivity contribution in [3.63, 3.8) is 0 Å². The Hall–Kier alpha value is -0.520. The summed E-state index contributed by atoms with van der Waals surface area (Å²) in [4.78, 5) is 0. The molecular weight excluding hydrogens is 192 g/mol. The first-order chi connectivity index (χ1) is 7.79. The predicted molar refractivity (Wildman–Crippen MR) is 71.5 cm³/mol. The highest BCUT2D eigenvalue weighted by Gasteiger charge is 2.30. The zero-order valence-corrected chi connectivity index (χ0v) is 11.2. The molecule has 0 aromatic rings. The fourth-order valence-electron chi connectivity index (χ4n) is 3.61. The van der Waals surface area contributed by atoms with E-state index in [0.29, 0.717) is 0 Å². The number of allylic oxidation sites excluding steroid dienone is 4. The molecular formula is C16H26. The van der Waals surface area contributed by atoms with Gasteiger partial charge < -0.3 is 0 Å². The monoisotopic (exact) mass is 218 g/mol. The third-order valence-corrected chi connectivity index (χ3v) is 4.33. The Morgan fingerprint density at radius 1 is 1.00 bits per heavy atom.